The van der Waals surface area contributed by atoms with Gasteiger partial charge in [-0.2, -0.15) is 0 Å². The molecule has 1 unspecified atom stereocenters. The van der Waals surface area contributed by atoms with Crippen molar-refractivity contribution in [1.29, 1.82) is 0 Å². The highest BCUT2D eigenvalue weighted by atomic mass is 32.1. The molecule has 0 saturated carbocycles. The van der Waals surface area contributed by atoms with Crippen LogP contribution in [0.15, 0.2) is 40.1 Å². The number of benzene rings is 1. The molecule has 4 rings (SSSR count). The van der Waals surface area contributed by atoms with Crippen LogP contribution in [-0.2, 0) is 23.3 Å². The summed E-state index contributed by atoms with van der Waals surface area (Å²) in [5, 5.41) is 6.65. The molecule has 2 aromatic heterocycles. The number of nitrogens with zero attached hydrogens (tertiary/aromatic N) is 2. The molecule has 1 N–H and O–H groups in total. The minimum absolute atomic E-state index is 0.165. The first-order chi connectivity index (χ1) is 13.4. The van der Waals surface area contributed by atoms with Gasteiger partial charge in [-0.05, 0) is 37.8 Å². The number of furan rings is 1. The monoisotopic (exact) mass is 397 g/mol. The lowest BCUT2D eigenvalue weighted by molar-refractivity contribution is -0.132. The summed E-state index contributed by atoms with van der Waals surface area (Å²) < 4.78 is 5.85. The Kier molecular flexibility index (Phi) is 4.71. The standard InChI is InChI=1S/C21H23N3O3S/c1-13(2)8-9-18-22-15(12-28-18)11-24-19(25)21(3,23-20(24)26)17-10-14-6-4-5-7-16(14)27-17/h4-7,10,12-13H,8-9,11H2,1-3H3,(H,23,26). The number of thiazole rings is 1. The highest BCUT2D eigenvalue weighted by molar-refractivity contribution is 7.09. The zero-order valence-corrected chi connectivity index (χ0v) is 17.0. The van der Waals surface area contributed by atoms with E-state index in [9.17, 15) is 9.59 Å². The molecule has 1 aliphatic heterocycles. The van der Waals surface area contributed by atoms with Gasteiger partial charge < -0.3 is 9.73 Å². The van der Waals surface area contributed by atoms with Gasteiger partial charge in [0.1, 0.15) is 11.3 Å². The number of aryl methyl sites for hydroxylation is 1. The van der Waals surface area contributed by atoms with Crippen LogP contribution >= 0.6 is 11.3 Å². The molecule has 0 radical (unpaired) electrons. The van der Waals surface area contributed by atoms with Gasteiger partial charge in [0.25, 0.3) is 5.91 Å². The average molecular weight is 398 g/mol. The maximum absolute atomic E-state index is 13.1. The molecule has 1 fully saturated rings. The van der Waals surface area contributed by atoms with Gasteiger partial charge in [0, 0.05) is 10.8 Å². The van der Waals surface area contributed by atoms with Crippen LogP contribution in [0.2, 0.25) is 0 Å². The third-order valence-corrected chi connectivity index (χ3v) is 6.01. The van der Waals surface area contributed by atoms with Gasteiger partial charge in [0.15, 0.2) is 5.54 Å². The summed E-state index contributed by atoms with van der Waals surface area (Å²) in [6.07, 6.45) is 1.99. The lowest BCUT2D eigenvalue weighted by Gasteiger charge is -2.18. The average Bonchev–Trinajstić information content (AvgIpc) is 3.34. The Bertz CT molecular complexity index is 1010. The van der Waals surface area contributed by atoms with E-state index in [0.29, 0.717) is 17.3 Å². The quantitative estimate of drug-likeness (QED) is 0.624. The normalized spacial score (nSPS) is 19.8. The molecule has 1 aliphatic rings. The summed E-state index contributed by atoms with van der Waals surface area (Å²) in [6, 6.07) is 8.92. The third-order valence-electron chi connectivity index (χ3n) is 5.05. The van der Waals surface area contributed by atoms with Gasteiger partial charge in [-0.15, -0.1) is 11.3 Å². The van der Waals surface area contributed by atoms with Crippen LogP contribution in [0.25, 0.3) is 11.0 Å². The van der Waals surface area contributed by atoms with Crippen molar-refractivity contribution < 1.29 is 14.0 Å². The van der Waals surface area contributed by atoms with Crippen molar-refractivity contribution in [2.45, 2.75) is 45.7 Å². The molecule has 0 spiro atoms. The Hall–Kier alpha value is -2.67. The molecule has 0 aliphatic carbocycles. The molecule has 1 atom stereocenters. The number of imide groups is 1. The van der Waals surface area contributed by atoms with Gasteiger partial charge >= 0.3 is 6.03 Å². The largest absolute Gasteiger partial charge is 0.458 e. The molecule has 1 aromatic carbocycles. The summed E-state index contributed by atoms with van der Waals surface area (Å²) in [5.41, 5.74) is 0.210. The first-order valence-electron chi connectivity index (χ1n) is 9.43. The van der Waals surface area contributed by atoms with Crippen LogP contribution in [0.4, 0.5) is 4.79 Å². The van der Waals surface area contributed by atoms with E-state index >= 15 is 0 Å². The number of aromatic nitrogens is 1. The van der Waals surface area contributed by atoms with Crippen molar-refractivity contribution in [2.75, 3.05) is 0 Å². The summed E-state index contributed by atoms with van der Waals surface area (Å²) in [6.45, 7) is 6.21. The van der Waals surface area contributed by atoms with E-state index in [4.69, 9.17) is 4.42 Å². The van der Waals surface area contributed by atoms with Crippen LogP contribution in [0.1, 0.15) is 43.7 Å². The van der Waals surface area contributed by atoms with E-state index in [-0.39, 0.29) is 12.5 Å². The Labute approximate surface area is 167 Å². The number of rotatable bonds is 6. The van der Waals surface area contributed by atoms with Gasteiger partial charge in [0.2, 0.25) is 0 Å². The fourth-order valence-corrected chi connectivity index (χ4v) is 4.15. The highest BCUT2D eigenvalue weighted by Gasteiger charge is 2.51. The molecular weight excluding hydrogens is 374 g/mol. The fraction of sp³-hybridized carbons (Fsp3) is 0.381. The van der Waals surface area contributed by atoms with Crippen LogP contribution in [-0.4, -0.2) is 21.8 Å². The number of hydrogen-bond acceptors (Lipinski definition) is 5. The number of carbonyl (C=O) groups excluding carboxylic acids is 2. The van der Waals surface area contributed by atoms with Crippen LogP contribution < -0.4 is 5.32 Å². The smallest absolute Gasteiger partial charge is 0.325 e. The second kappa shape index (κ2) is 7.05. The Morgan fingerprint density at radius 1 is 1.29 bits per heavy atom. The predicted molar refractivity (Wildman–Crippen MR) is 108 cm³/mol. The molecule has 28 heavy (non-hydrogen) atoms. The van der Waals surface area contributed by atoms with Gasteiger partial charge in [-0.3, -0.25) is 9.69 Å². The maximum Gasteiger partial charge on any atom is 0.325 e. The highest BCUT2D eigenvalue weighted by Crippen LogP contribution is 2.33. The second-order valence-corrected chi connectivity index (χ2v) is 8.70. The van der Waals surface area contributed by atoms with Crippen molar-refractivity contribution in [3.8, 4) is 0 Å². The van der Waals surface area contributed by atoms with E-state index in [1.165, 1.54) is 4.90 Å². The molecule has 3 heterocycles. The molecule has 7 heteroatoms. The SMILES string of the molecule is CC(C)CCc1nc(CN2C(=O)NC(C)(c3cc4ccccc4o3)C2=O)cs1. The summed E-state index contributed by atoms with van der Waals surface area (Å²) in [7, 11) is 0. The first kappa shape index (κ1) is 18.7. The number of urea groups is 1. The molecule has 0 bridgehead atoms. The van der Waals surface area contributed by atoms with Crippen LogP contribution in [0.5, 0.6) is 0 Å². The molecule has 3 amide bonds. The van der Waals surface area contributed by atoms with Crippen molar-refractivity contribution in [1.82, 2.24) is 15.2 Å². The Morgan fingerprint density at radius 3 is 2.82 bits per heavy atom. The van der Waals surface area contributed by atoms with Gasteiger partial charge in [0.05, 0.1) is 17.2 Å². The predicted octanol–water partition coefficient (Wildman–Crippen LogP) is 4.45. The lowest BCUT2D eigenvalue weighted by Crippen LogP contribution is -2.40. The second-order valence-electron chi connectivity index (χ2n) is 7.76. The van der Waals surface area contributed by atoms with Gasteiger partial charge in [-0.25, -0.2) is 9.78 Å². The van der Waals surface area contributed by atoms with E-state index in [1.54, 1.807) is 18.3 Å². The maximum atomic E-state index is 13.1. The molecule has 3 aromatic rings. The van der Waals surface area contributed by atoms with E-state index in [0.717, 1.165) is 28.9 Å². The van der Waals surface area contributed by atoms with E-state index in [1.807, 2.05) is 35.7 Å². The number of amides is 3. The minimum Gasteiger partial charge on any atom is -0.458 e. The van der Waals surface area contributed by atoms with E-state index < -0.39 is 11.6 Å². The number of carbonyl (C=O) groups is 2. The number of nitrogens with one attached hydrogen (secondary N) is 1. The Morgan fingerprint density at radius 2 is 2.07 bits per heavy atom. The number of para-hydroxylation sites is 1. The summed E-state index contributed by atoms with van der Waals surface area (Å²) in [4.78, 5) is 31.5. The molecule has 146 valence electrons. The van der Waals surface area contributed by atoms with Crippen molar-refractivity contribution in [3.63, 3.8) is 0 Å². The fourth-order valence-electron chi connectivity index (χ4n) is 3.35. The van der Waals surface area contributed by atoms with Crippen LogP contribution in [0, 0.1) is 5.92 Å². The number of fused-ring (bicyclic) bond motifs is 1. The minimum atomic E-state index is -1.22. The van der Waals surface area contributed by atoms with Crippen molar-refractivity contribution in [2.24, 2.45) is 5.92 Å². The summed E-state index contributed by atoms with van der Waals surface area (Å²) >= 11 is 1.58. The first-order valence-corrected chi connectivity index (χ1v) is 10.3. The van der Waals surface area contributed by atoms with Gasteiger partial charge in [-0.1, -0.05) is 32.0 Å². The molecule has 6 nitrogen and oxygen atoms in total. The third kappa shape index (κ3) is 3.30. The topological polar surface area (TPSA) is 75.4 Å². The lowest BCUT2D eigenvalue weighted by atomic mass is 9.99. The van der Waals surface area contributed by atoms with Crippen LogP contribution in [0.3, 0.4) is 0 Å². The zero-order chi connectivity index (χ0) is 19.9. The van der Waals surface area contributed by atoms with Crippen molar-refractivity contribution >= 4 is 34.2 Å². The summed E-state index contributed by atoms with van der Waals surface area (Å²) in [5.74, 6) is 0.724. The molecule has 1 saturated heterocycles. The van der Waals surface area contributed by atoms with E-state index in [2.05, 4.69) is 24.1 Å². The molecular formula is C21H23N3O3S. The zero-order valence-electron chi connectivity index (χ0n) is 16.2. The number of hydrogen-bond donors (Lipinski definition) is 1. The van der Waals surface area contributed by atoms with Crippen molar-refractivity contribution in [3.05, 3.63) is 52.2 Å². The Balaban J connectivity index is 1.53.